The Bertz CT molecular complexity index is 553. The van der Waals surface area contributed by atoms with Crippen molar-refractivity contribution >= 4 is 29.8 Å². The van der Waals surface area contributed by atoms with Gasteiger partial charge in [-0.1, -0.05) is 30.3 Å². The smallest absolute Gasteiger partial charge is 0.314 e. The number of benzene rings is 1. The van der Waals surface area contributed by atoms with Crippen LogP contribution in [0.5, 0.6) is 0 Å². The summed E-state index contributed by atoms with van der Waals surface area (Å²) >= 11 is 1.52. The molecule has 0 aromatic heterocycles. The number of hydrogen-bond donors (Lipinski definition) is 0. The molecule has 0 amide bonds. The molecule has 22 heavy (non-hydrogen) atoms. The second-order valence-electron chi connectivity index (χ2n) is 4.86. The van der Waals surface area contributed by atoms with E-state index in [1.54, 1.807) is 13.8 Å². The first-order chi connectivity index (χ1) is 10.7. The first-order valence-electron chi connectivity index (χ1n) is 7.40. The molecule has 1 aromatic carbocycles. The molecule has 1 aliphatic rings. The molecule has 0 saturated carbocycles. The average molecular weight is 320 g/mol. The third-order valence-electron chi connectivity index (χ3n) is 3.38. The summed E-state index contributed by atoms with van der Waals surface area (Å²) in [5.41, 5.74) is 1.00. The van der Waals surface area contributed by atoms with Crippen molar-refractivity contribution in [3.63, 3.8) is 0 Å². The van der Waals surface area contributed by atoms with Crippen LogP contribution in [0.3, 0.4) is 0 Å². The van der Waals surface area contributed by atoms with Gasteiger partial charge in [-0.2, -0.15) is 0 Å². The summed E-state index contributed by atoms with van der Waals surface area (Å²) < 4.78 is 10.2. The van der Waals surface area contributed by atoms with Crippen molar-refractivity contribution in [1.29, 1.82) is 0 Å². The summed E-state index contributed by atoms with van der Waals surface area (Å²) in [6, 6.07) is 9.75. The molecule has 0 spiro atoms. The third kappa shape index (κ3) is 3.91. The van der Waals surface area contributed by atoms with Crippen molar-refractivity contribution in [2.24, 2.45) is 11.8 Å². The van der Waals surface area contributed by atoms with Crippen LogP contribution in [-0.2, 0) is 19.1 Å². The van der Waals surface area contributed by atoms with Crippen molar-refractivity contribution in [2.75, 3.05) is 19.0 Å². The number of carbonyl (C=O) groups excluding carboxylic acids is 2. The number of ether oxygens (including phenoxy) is 2. The highest BCUT2D eigenvalue weighted by Crippen LogP contribution is 2.43. The van der Waals surface area contributed by atoms with Crippen molar-refractivity contribution in [3.05, 3.63) is 40.8 Å². The molecule has 0 unspecified atom stereocenters. The molecule has 0 aliphatic carbocycles. The number of rotatable bonds is 5. The highest BCUT2D eigenvalue weighted by Gasteiger charge is 2.43. The number of esters is 2. The summed E-state index contributed by atoms with van der Waals surface area (Å²) in [4.78, 5) is 25.2. The minimum absolute atomic E-state index is 0.300. The van der Waals surface area contributed by atoms with Gasteiger partial charge in [0.15, 0.2) is 0 Å². The van der Waals surface area contributed by atoms with E-state index in [0.717, 1.165) is 10.5 Å². The van der Waals surface area contributed by atoms with E-state index in [4.69, 9.17) is 9.47 Å². The molecule has 1 aromatic rings. The van der Waals surface area contributed by atoms with E-state index in [1.807, 2.05) is 36.4 Å². The van der Waals surface area contributed by atoms with Gasteiger partial charge in [0.05, 0.1) is 19.1 Å². The predicted octanol–water partition coefficient (Wildman–Crippen LogP) is 3.13. The molecule has 1 heterocycles. The zero-order chi connectivity index (χ0) is 15.9. The Hall–Kier alpha value is -1.75. The van der Waals surface area contributed by atoms with Gasteiger partial charge in [0.1, 0.15) is 5.92 Å². The van der Waals surface area contributed by atoms with Gasteiger partial charge in [-0.25, -0.2) is 0 Å². The molecular formula is C17H20O4S. The van der Waals surface area contributed by atoms with E-state index in [1.165, 1.54) is 11.8 Å². The van der Waals surface area contributed by atoms with E-state index >= 15 is 0 Å². The van der Waals surface area contributed by atoms with Gasteiger partial charge in [-0.3, -0.25) is 9.59 Å². The molecule has 2 rings (SSSR count). The SMILES string of the molecule is CCOC(=O)[C@@H]1/C(=C/c2ccccc2)SC[C@H]1C(=O)OCC. The van der Waals surface area contributed by atoms with Crippen LogP contribution in [0, 0.1) is 11.8 Å². The minimum atomic E-state index is -0.566. The molecule has 2 atom stereocenters. The second-order valence-corrected chi connectivity index (χ2v) is 5.95. The van der Waals surface area contributed by atoms with Crippen molar-refractivity contribution in [2.45, 2.75) is 13.8 Å². The summed E-state index contributed by atoms with van der Waals surface area (Å²) in [5.74, 6) is -1.18. The van der Waals surface area contributed by atoms with Crippen LogP contribution >= 0.6 is 11.8 Å². The van der Waals surface area contributed by atoms with Crippen LogP contribution in [-0.4, -0.2) is 30.9 Å². The van der Waals surface area contributed by atoms with Crippen molar-refractivity contribution in [1.82, 2.24) is 0 Å². The molecule has 0 radical (unpaired) electrons. The van der Waals surface area contributed by atoms with Crippen molar-refractivity contribution in [3.8, 4) is 0 Å². The van der Waals surface area contributed by atoms with Crippen LogP contribution in [0.4, 0.5) is 0 Å². The third-order valence-corrected chi connectivity index (χ3v) is 4.61. The standard InChI is InChI=1S/C17H20O4S/c1-3-20-16(18)13-11-22-14(15(13)17(19)21-4-2)10-12-8-6-5-7-9-12/h5-10,13,15H,3-4,11H2,1-2H3/b14-10-/t13-,15+/m1/s1. The normalized spacial score (nSPS) is 22.5. The Balaban J connectivity index is 2.27. The van der Waals surface area contributed by atoms with Gasteiger partial charge in [0.25, 0.3) is 0 Å². The maximum atomic E-state index is 12.3. The van der Waals surface area contributed by atoms with E-state index < -0.39 is 11.8 Å². The van der Waals surface area contributed by atoms with Gasteiger partial charge in [0, 0.05) is 10.7 Å². The highest BCUT2D eigenvalue weighted by atomic mass is 32.2. The van der Waals surface area contributed by atoms with Crippen LogP contribution in [0.2, 0.25) is 0 Å². The molecule has 1 saturated heterocycles. The lowest BCUT2D eigenvalue weighted by Crippen LogP contribution is -2.30. The molecule has 1 aliphatic heterocycles. The van der Waals surface area contributed by atoms with Crippen LogP contribution < -0.4 is 0 Å². The summed E-state index contributed by atoms with van der Waals surface area (Å²) in [7, 11) is 0. The lowest BCUT2D eigenvalue weighted by atomic mass is 9.93. The average Bonchev–Trinajstić information content (AvgIpc) is 2.92. The second kappa shape index (κ2) is 8.03. The van der Waals surface area contributed by atoms with Crippen LogP contribution in [0.15, 0.2) is 35.2 Å². The molecule has 0 N–H and O–H groups in total. The topological polar surface area (TPSA) is 52.6 Å². The fourth-order valence-corrected chi connectivity index (χ4v) is 3.74. The summed E-state index contributed by atoms with van der Waals surface area (Å²) in [6.07, 6.45) is 1.95. The Morgan fingerprint density at radius 1 is 1.14 bits per heavy atom. The number of thioether (sulfide) groups is 1. The summed E-state index contributed by atoms with van der Waals surface area (Å²) in [6.45, 7) is 4.14. The highest BCUT2D eigenvalue weighted by molar-refractivity contribution is 8.03. The largest absolute Gasteiger partial charge is 0.466 e. The Morgan fingerprint density at radius 2 is 1.77 bits per heavy atom. The first kappa shape index (κ1) is 16.6. The number of hydrogen-bond acceptors (Lipinski definition) is 5. The predicted molar refractivity (Wildman–Crippen MR) is 87.1 cm³/mol. The van der Waals surface area contributed by atoms with Crippen molar-refractivity contribution < 1.29 is 19.1 Å². The Morgan fingerprint density at radius 3 is 2.41 bits per heavy atom. The van der Waals surface area contributed by atoms with Gasteiger partial charge in [0.2, 0.25) is 0 Å². The quantitative estimate of drug-likeness (QED) is 0.780. The maximum absolute atomic E-state index is 12.3. The molecule has 1 fully saturated rings. The maximum Gasteiger partial charge on any atom is 0.314 e. The fourth-order valence-electron chi connectivity index (χ4n) is 2.38. The van der Waals surface area contributed by atoms with E-state index in [0.29, 0.717) is 19.0 Å². The van der Waals surface area contributed by atoms with Gasteiger partial charge < -0.3 is 9.47 Å². The molecular weight excluding hydrogens is 300 g/mol. The summed E-state index contributed by atoms with van der Waals surface area (Å²) in [5, 5.41) is 0. The van der Waals surface area contributed by atoms with E-state index in [2.05, 4.69) is 0 Å². The fraction of sp³-hybridized carbons (Fsp3) is 0.412. The zero-order valence-electron chi connectivity index (χ0n) is 12.8. The molecule has 0 bridgehead atoms. The monoisotopic (exact) mass is 320 g/mol. The zero-order valence-corrected chi connectivity index (χ0v) is 13.6. The Labute approximate surface area is 134 Å². The van der Waals surface area contributed by atoms with E-state index in [9.17, 15) is 9.59 Å². The molecule has 118 valence electrons. The number of carbonyl (C=O) groups is 2. The van der Waals surface area contributed by atoms with Gasteiger partial charge >= 0.3 is 11.9 Å². The van der Waals surface area contributed by atoms with Gasteiger partial charge in [-0.05, 0) is 25.5 Å². The molecule has 4 nitrogen and oxygen atoms in total. The lowest BCUT2D eigenvalue weighted by molar-refractivity contribution is -0.157. The van der Waals surface area contributed by atoms with Gasteiger partial charge in [-0.15, -0.1) is 11.8 Å². The first-order valence-corrected chi connectivity index (χ1v) is 8.38. The van der Waals surface area contributed by atoms with Crippen LogP contribution in [0.1, 0.15) is 19.4 Å². The lowest BCUT2D eigenvalue weighted by Gasteiger charge is -2.17. The minimum Gasteiger partial charge on any atom is -0.466 e. The van der Waals surface area contributed by atoms with Crippen LogP contribution in [0.25, 0.3) is 6.08 Å². The van der Waals surface area contributed by atoms with E-state index in [-0.39, 0.29) is 11.9 Å². The molecule has 5 heteroatoms. The Kier molecular flexibility index (Phi) is 6.07.